The molecule has 0 atom stereocenters. The van der Waals surface area contributed by atoms with E-state index in [1.54, 1.807) is 39.8 Å². The normalized spacial score (nSPS) is 19.4. The lowest BCUT2D eigenvalue weighted by atomic mass is 9.73. The van der Waals surface area contributed by atoms with Gasteiger partial charge in [0.25, 0.3) is 0 Å². The van der Waals surface area contributed by atoms with Crippen molar-refractivity contribution in [3.8, 4) is 11.1 Å². The molecule has 1 heterocycles. The molecule has 0 spiro atoms. The molecule has 1 fully saturated rings. The smallest absolute Gasteiger partial charge is 0.179 e. The molecule has 0 aliphatic carbocycles. The zero-order valence-electron chi connectivity index (χ0n) is 16.0. The Morgan fingerprint density at radius 1 is 0.926 bits per heavy atom. The minimum atomic E-state index is -1.07. The Morgan fingerprint density at radius 3 is 2.00 bits per heavy atom. The van der Waals surface area contributed by atoms with Crippen molar-refractivity contribution < 1.29 is 18.7 Å². The molecule has 2 aromatic rings. The van der Waals surface area contributed by atoms with Crippen LogP contribution < -0.4 is 0 Å². The minimum Gasteiger partial charge on any atom is -0.354 e. The fourth-order valence-corrected chi connectivity index (χ4v) is 3.76. The lowest BCUT2D eigenvalue weighted by Crippen LogP contribution is -2.58. The van der Waals surface area contributed by atoms with Gasteiger partial charge in [0.1, 0.15) is 22.9 Å². The Kier molecular flexibility index (Phi) is 4.77. The Bertz CT molecular complexity index is 921. The lowest BCUT2D eigenvalue weighted by molar-refractivity contribution is -0.184. The SMILES string of the molecule is Cc1ccc(-c2ccc(Cl)c(F)c2)cc1C1C(=O)C(C)(C)OC(C)(C)C1=O. The van der Waals surface area contributed by atoms with E-state index in [1.165, 1.54) is 12.1 Å². The quantitative estimate of drug-likeness (QED) is 0.659. The second kappa shape index (κ2) is 6.54. The molecule has 0 unspecified atom stereocenters. The fourth-order valence-electron chi connectivity index (χ4n) is 3.64. The molecule has 1 aliphatic heterocycles. The van der Waals surface area contributed by atoms with Gasteiger partial charge < -0.3 is 4.74 Å². The van der Waals surface area contributed by atoms with E-state index >= 15 is 0 Å². The maximum atomic E-state index is 13.9. The fraction of sp³-hybridized carbons (Fsp3) is 0.364. The number of rotatable bonds is 2. The largest absolute Gasteiger partial charge is 0.354 e. The van der Waals surface area contributed by atoms with E-state index in [4.69, 9.17) is 16.3 Å². The van der Waals surface area contributed by atoms with Gasteiger partial charge in [0.2, 0.25) is 0 Å². The molecular weight excluding hydrogens is 367 g/mol. The maximum Gasteiger partial charge on any atom is 0.179 e. The number of Topliss-reactive ketones (excluding diaryl/α,β-unsaturated/α-hetero) is 2. The number of ketones is 2. The number of benzene rings is 2. The van der Waals surface area contributed by atoms with Crippen LogP contribution in [0.5, 0.6) is 0 Å². The summed E-state index contributed by atoms with van der Waals surface area (Å²) in [5, 5.41) is 0.0457. The highest BCUT2D eigenvalue weighted by Gasteiger charge is 2.53. The summed E-state index contributed by atoms with van der Waals surface area (Å²) < 4.78 is 19.6. The summed E-state index contributed by atoms with van der Waals surface area (Å²) in [7, 11) is 0. The van der Waals surface area contributed by atoms with Crippen LogP contribution in [0.25, 0.3) is 11.1 Å². The number of ether oxygens (including phenoxy) is 1. The van der Waals surface area contributed by atoms with Crippen LogP contribution in [0.2, 0.25) is 5.02 Å². The Labute approximate surface area is 163 Å². The predicted octanol–water partition coefficient (Wildman–Crippen LogP) is 5.26. The molecule has 3 rings (SSSR count). The van der Waals surface area contributed by atoms with Crippen molar-refractivity contribution in [2.45, 2.75) is 51.7 Å². The molecule has 0 aromatic heterocycles. The van der Waals surface area contributed by atoms with Crippen molar-refractivity contribution in [2.75, 3.05) is 0 Å². The Balaban J connectivity index is 2.14. The predicted molar refractivity (Wildman–Crippen MR) is 104 cm³/mol. The van der Waals surface area contributed by atoms with Crippen LogP contribution in [-0.2, 0) is 14.3 Å². The molecule has 0 bridgehead atoms. The number of halogens is 2. The van der Waals surface area contributed by atoms with Crippen LogP contribution in [0.3, 0.4) is 0 Å². The molecule has 0 radical (unpaired) electrons. The first kappa shape index (κ1) is 19.7. The van der Waals surface area contributed by atoms with Crippen molar-refractivity contribution in [3.63, 3.8) is 0 Å². The van der Waals surface area contributed by atoms with E-state index in [1.807, 2.05) is 19.1 Å². The van der Waals surface area contributed by atoms with Crippen molar-refractivity contribution >= 4 is 23.2 Å². The monoisotopic (exact) mass is 388 g/mol. The zero-order chi connectivity index (χ0) is 20.1. The number of aryl methyl sites for hydroxylation is 1. The van der Waals surface area contributed by atoms with Crippen LogP contribution in [0.15, 0.2) is 36.4 Å². The van der Waals surface area contributed by atoms with Crippen molar-refractivity contribution in [2.24, 2.45) is 0 Å². The Hall–Kier alpha value is -2.04. The van der Waals surface area contributed by atoms with Gasteiger partial charge >= 0.3 is 0 Å². The second-order valence-corrected chi connectivity index (χ2v) is 8.39. The number of hydrogen-bond donors (Lipinski definition) is 0. The van der Waals surface area contributed by atoms with Gasteiger partial charge in [-0.3, -0.25) is 9.59 Å². The molecule has 0 amide bonds. The van der Waals surface area contributed by atoms with E-state index in [9.17, 15) is 14.0 Å². The van der Waals surface area contributed by atoms with E-state index < -0.39 is 22.9 Å². The van der Waals surface area contributed by atoms with Crippen LogP contribution in [0, 0.1) is 12.7 Å². The van der Waals surface area contributed by atoms with Crippen molar-refractivity contribution in [1.29, 1.82) is 0 Å². The standard InChI is InChI=1S/C22H22ClFO3/c1-12-6-7-13(14-8-9-16(23)17(24)11-14)10-15(12)18-19(25)21(2,3)27-22(4,5)20(18)26/h6-11,18H,1-5H3. The highest BCUT2D eigenvalue weighted by molar-refractivity contribution is 6.30. The van der Waals surface area contributed by atoms with Crippen LogP contribution in [0.4, 0.5) is 4.39 Å². The van der Waals surface area contributed by atoms with Gasteiger partial charge in [-0.15, -0.1) is 0 Å². The first-order valence-corrected chi connectivity index (χ1v) is 9.16. The van der Waals surface area contributed by atoms with Gasteiger partial charge in [0.05, 0.1) is 5.02 Å². The maximum absolute atomic E-state index is 13.9. The van der Waals surface area contributed by atoms with E-state index in [0.717, 1.165) is 5.56 Å². The Morgan fingerprint density at radius 2 is 1.44 bits per heavy atom. The second-order valence-electron chi connectivity index (χ2n) is 7.98. The van der Waals surface area contributed by atoms with Gasteiger partial charge in [-0.05, 0) is 75.1 Å². The highest BCUT2D eigenvalue weighted by atomic mass is 35.5. The summed E-state index contributed by atoms with van der Waals surface area (Å²) in [6, 6.07) is 10.0. The molecule has 1 aliphatic rings. The number of carbonyl (C=O) groups is 2. The number of hydrogen-bond acceptors (Lipinski definition) is 3. The molecule has 3 nitrogen and oxygen atoms in total. The van der Waals surface area contributed by atoms with Crippen LogP contribution in [-0.4, -0.2) is 22.8 Å². The first-order valence-electron chi connectivity index (χ1n) is 8.79. The molecule has 142 valence electrons. The van der Waals surface area contributed by atoms with E-state index in [0.29, 0.717) is 16.7 Å². The zero-order valence-corrected chi connectivity index (χ0v) is 16.8. The summed E-state index contributed by atoms with van der Waals surface area (Å²) in [4.78, 5) is 26.0. The van der Waals surface area contributed by atoms with Crippen molar-refractivity contribution in [1.82, 2.24) is 0 Å². The topological polar surface area (TPSA) is 43.4 Å². The first-order chi connectivity index (χ1) is 12.4. The van der Waals surface area contributed by atoms with Gasteiger partial charge in [-0.25, -0.2) is 4.39 Å². The van der Waals surface area contributed by atoms with Crippen LogP contribution >= 0.6 is 11.6 Å². The molecular formula is C22H22ClFO3. The lowest BCUT2D eigenvalue weighted by Gasteiger charge is -2.43. The van der Waals surface area contributed by atoms with Gasteiger partial charge in [0, 0.05) is 0 Å². The molecule has 5 heteroatoms. The third-order valence-corrected chi connectivity index (χ3v) is 5.37. The van der Waals surface area contributed by atoms with Gasteiger partial charge in [-0.1, -0.05) is 29.8 Å². The minimum absolute atomic E-state index is 0.0457. The summed E-state index contributed by atoms with van der Waals surface area (Å²) >= 11 is 5.77. The van der Waals surface area contributed by atoms with E-state index in [-0.39, 0.29) is 16.6 Å². The third kappa shape index (κ3) is 3.44. The average Bonchev–Trinajstić information content (AvgIpc) is 2.57. The summed E-state index contributed by atoms with van der Waals surface area (Å²) in [6.07, 6.45) is 0. The molecule has 0 N–H and O–H groups in total. The van der Waals surface area contributed by atoms with E-state index in [2.05, 4.69) is 0 Å². The van der Waals surface area contributed by atoms with Crippen LogP contribution in [0.1, 0.15) is 44.7 Å². The van der Waals surface area contributed by atoms with Gasteiger partial charge in [-0.2, -0.15) is 0 Å². The highest BCUT2D eigenvalue weighted by Crippen LogP contribution is 2.40. The summed E-state index contributed by atoms with van der Waals surface area (Å²) in [6.45, 7) is 8.60. The number of carbonyl (C=O) groups excluding carboxylic acids is 2. The summed E-state index contributed by atoms with van der Waals surface area (Å²) in [5.74, 6) is -1.97. The van der Waals surface area contributed by atoms with Crippen molar-refractivity contribution in [3.05, 3.63) is 58.4 Å². The average molecular weight is 389 g/mol. The molecule has 0 saturated carbocycles. The van der Waals surface area contributed by atoms with Gasteiger partial charge in [0.15, 0.2) is 11.6 Å². The molecule has 27 heavy (non-hydrogen) atoms. The molecule has 2 aromatic carbocycles. The third-order valence-electron chi connectivity index (χ3n) is 5.06. The molecule has 1 saturated heterocycles. The summed E-state index contributed by atoms with van der Waals surface area (Å²) in [5.41, 5.74) is 0.654.